The van der Waals surface area contributed by atoms with E-state index in [1.165, 1.54) is 43.1 Å². The van der Waals surface area contributed by atoms with Crippen molar-refractivity contribution in [1.29, 1.82) is 0 Å². The van der Waals surface area contributed by atoms with Gasteiger partial charge in [-0.25, -0.2) is 0 Å². The lowest BCUT2D eigenvalue weighted by molar-refractivity contribution is -0.122. The first kappa shape index (κ1) is 21.3. The summed E-state index contributed by atoms with van der Waals surface area (Å²) in [5.74, 6) is 0.364. The average Bonchev–Trinajstić information content (AvgIpc) is 3.08. The highest BCUT2D eigenvalue weighted by atomic mass is 16.3. The van der Waals surface area contributed by atoms with Crippen molar-refractivity contribution in [2.24, 2.45) is 5.92 Å². The average molecular weight is 410 g/mol. The third-order valence-electron chi connectivity index (χ3n) is 6.83. The molecule has 5 heteroatoms. The minimum absolute atomic E-state index is 0.165. The van der Waals surface area contributed by atoms with Crippen LogP contribution in [0.15, 0.2) is 36.5 Å². The molecule has 2 N–H and O–H groups in total. The van der Waals surface area contributed by atoms with Crippen molar-refractivity contribution < 1.29 is 9.90 Å². The zero-order chi connectivity index (χ0) is 20.8. The highest BCUT2D eigenvalue weighted by Crippen LogP contribution is 2.25. The van der Waals surface area contributed by atoms with Gasteiger partial charge in [0.15, 0.2) is 0 Å². The maximum absolute atomic E-state index is 12.5. The Morgan fingerprint density at radius 3 is 2.67 bits per heavy atom. The molecule has 2 aliphatic rings. The number of aliphatic hydroxyl groups excluding tert-OH is 1. The maximum Gasteiger partial charge on any atom is 0.221 e. The summed E-state index contributed by atoms with van der Waals surface area (Å²) in [6.07, 6.45) is 11.5. The van der Waals surface area contributed by atoms with Gasteiger partial charge in [0, 0.05) is 49.6 Å². The number of carbonyl (C=O) groups is 1. The minimum Gasteiger partial charge on any atom is -0.391 e. The molecule has 0 bridgehead atoms. The second kappa shape index (κ2) is 10.4. The van der Waals surface area contributed by atoms with Gasteiger partial charge >= 0.3 is 0 Å². The molecular weight excluding hydrogens is 374 g/mol. The summed E-state index contributed by atoms with van der Waals surface area (Å²) in [5, 5.41) is 15.0. The third kappa shape index (κ3) is 5.58. The summed E-state index contributed by atoms with van der Waals surface area (Å²) in [5.41, 5.74) is 2.25. The quantitative estimate of drug-likeness (QED) is 0.764. The molecule has 2 fully saturated rings. The van der Waals surface area contributed by atoms with Gasteiger partial charge in [-0.15, -0.1) is 0 Å². The Morgan fingerprint density at radius 2 is 1.83 bits per heavy atom. The Kier molecular flexibility index (Phi) is 7.34. The van der Waals surface area contributed by atoms with E-state index in [2.05, 4.69) is 27.3 Å². The van der Waals surface area contributed by atoms with Crippen LogP contribution in [-0.2, 0) is 11.2 Å². The van der Waals surface area contributed by atoms with Crippen LogP contribution in [0.3, 0.4) is 0 Å². The molecule has 1 aliphatic heterocycles. The molecule has 1 saturated heterocycles. The predicted octanol–water partition coefficient (Wildman–Crippen LogP) is 3.69. The lowest BCUT2D eigenvalue weighted by Gasteiger charge is -2.22. The van der Waals surface area contributed by atoms with E-state index in [9.17, 15) is 9.90 Å². The SMILES string of the molecule is O=C(CCN1C[C@@H](Cc2ccnc3ccccc23)[C@H](O)C1)NC1CCCCCCC1. The zero-order valence-electron chi connectivity index (χ0n) is 17.9. The number of carbonyl (C=O) groups excluding carboxylic acids is 1. The van der Waals surface area contributed by atoms with Gasteiger partial charge in [0.25, 0.3) is 0 Å². The van der Waals surface area contributed by atoms with Crippen LogP contribution in [0.25, 0.3) is 10.9 Å². The number of hydrogen-bond donors (Lipinski definition) is 2. The highest BCUT2D eigenvalue weighted by Gasteiger charge is 2.31. The van der Waals surface area contributed by atoms with E-state index in [-0.39, 0.29) is 17.9 Å². The van der Waals surface area contributed by atoms with Gasteiger partial charge in [-0.2, -0.15) is 0 Å². The maximum atomic E-state index is 12.5. The Labute approximate surface area is 179 Å². The fraction of sp³-hybridized carbons (Fsp3) is 0.600. The number of β-amino-alcohol motifs (C(OH)–C–C–N with tert-alkyl or cyclic N) is 1. The molecule has 2 atom stereocenters. The number of fused-ring (bicyclic) bond motifs is 1. The minimum atomic E-state index is -0.342. The fourth-order valence-electron chi connectivity index (χ4n) is 5.10. The summed E-state index contributed by atoms with van der Waals surface area (Å²) in [6.45, 7) is 2.22. The van der Waals surface area contributed by atoms with Crippen LogP contribution >= 0.6 is 0 Å². The van der Waals surface area contributed by atoms with Gasteiger partial charge in [-0.05, 0) is 37.0 Å². The number of para-hydroxylation sites is 1. The second-order valence-electron chi connectivity index (χ2n) is 9.14. The molecule has 0 radical (unpaired) electrons. The van der Waals surface area contributed by atoms with Gasteiger partial charge in [0.2, 0.25) is 5.91 Å². The van der Waals surface area contributed by atoms with Gasteiger partial charge in [-0.1, -0.05) is 50.3 Å². The lowest BCUT2D eigenvalue weighted by Crippen LogP contribution is -2.37. The van der Waals surface area contributed by atoms with Crippen LogP contribution in [0.5, 0.6) is 0 Å². The third-order valence-corrected chi connectivity index (χ3v) is 6.83. The van der Waals surface area contributed by atoms with Crippen LogP contribution in [0.1, 0.15) is 56.9 Å². The highest BCUT2D eigenvalue weighted by molar-refractivity contribution is 5.81. The van der Waals surface area contributed by atoms with E-state index in [0.29, 0.717) is 19.0 Å². The van der Waals surface area contributed by atoms with Gasteiger partial charge in [-0.3, -0.25) is 14.7 Å². The van der Waals surface area contributed by atoms with Crippen molar-refractivity contribution in [3.63, 3.8) is 0 Å². The molecule has 4 rings (SSSR count). The number of rotatable bonds is 6. The van der Waals surface area contributed by atoms with E-state index in [1.807, 2.05) is 24.4 Å². The van der Waals surface area contributed by atoms with Gasteiger partial charge in [0.1, 0.15) is 0 Å². The van der Waals surface area contributed by atoms with E-state index >= 15 is 0 Å². The number of hydrogen-bond acceptors (Lipinski definition) is 4. The Bertz CT molecular complexity index is 827. The first-order chi connectivity index (χ1) is 14.7. The van der Waals surface area contributed by atoms with Crippen molar-refractivity contribution in [3.8, 4) is 0 Å². The molecule has 30 heavy (non-hydrogen) atoms. The molecule has 1 aromatic carbocycles. The molecule has 0 spiro atoms. The van der Waals surface area contributed by atoms with E-state index in [4.69, 9.17) is 0 Å². The molecular formula is C25H35N3O2. The van der Waals surface area contributed by atoms with Crippen molar-refractivity contribution in [2.75, 3.05) is 19.6 Å². The number of nitrogens with one attached hydrogen (secondary N) is 1. The molecule has 1 aliphatic carbocycles. The number of aromatic nitrogens is 1. The standard InChI is InChI=1S/C25H35N3O2/c29-24-18-28(15-13-25(30)27-21-8-4-2-1-3-5-9-21)17-20(24)16-19-12-14-26-23-11-7-6-10-22(19)23/h6-7,10-12,14,20-21,24,29H,1-5,8-9,13,15-18H2,(H,27,30)/t20-,24-/m1/s1. The molecule has 1 saturated carbocycles. The second-order valence-corrected chi connectivity index (χ2v) is 9.14. The molecule has 2 aromatic rings. The van der Waals surface area contributed by atoms with Crippen molar-refractivity contribution in [3.05, 3.63) is 42.1 Å². The van der Waals surface area contributed by atoms with Gasteiger partial charge < -0.3 is 10.4 Å². The van der Waals surface area contributed by atoms with Crippen LogP contribution < -0.4 is 5.32 Å². The van der Waals surface area contributed by atoms with Crippen LogP contribution in [0, 0.1) is 5.92 Å². The van der Waals surface area contributed by atoms with Crippen molar-refractivity contribution in [1.82, 2.24) is 15.2 Å². The van der Waals surface area contributed by atoms with E-state index < -0.39 is 0 Å². The Hall–Kier alpha value is -1.98. The normalized spacial score (nSPS) is 23.9. The number of benzene rings is 1. The first-order valence-corrected chi connectivity index (χ1v) is 11.7. The summed E-state index contributed by atoms with van der Waals surface area (Å²) >= 11 is 0. The first-order valence-electron chi connectivity index (χ1n) is 11.7. The zero-order valence-corrected chi connectivity index (χ0v) is 17.9. The van der Waals surface area contributed by atoms with Crippen LogP contribution in [-0.4, -0.2) is 52.7 Å². The van der Waals surface area contributed by atoms with Crippen molar-refractivity contribution in [2.45, 2.75) is 69.9 Å². The molecule has 0 unspecified atom stereocenters. The van der Waals surface area contributed by atoms with E-state index in [1.54, 1.807) is 0 Å². The van der Waals surface area contributed by atoms with Crippen molar-refractivity contribution >= 4 is 16.8 Å². The number of amides is 1. The fourth-order valence-corrected chi connectivity index (χ4v) is 5.10. The van der Waals surface area contributed by atoms with Crippen LogP contribution in [0.2, 0.25) is 0 Å². The monoisotopic (exact) mass is 409 g/mol. The molecule has 5 nitrogen and oxygen atoms in total. The summed E-state index contributed by atoms with van der Waals surface area (Å²) < 4.78 is 0. The largest absolute Gasteiger partial charge is 0.391 e. The summed E-state index contributed by atoms with van der Waals surface area (Å²) in [7, 11) is 0. The summed E-state index contributed by atoms with van der Waals surface area (Å²) in [6, 6.07) is 10.6. The predicted molar refractivity (Wildman–Crippen MR) is 120 cm³/mol. The number of nitrogens with zero attached hydrogens (tertiary/aromatic N) is 2. The van der Waals surface area contributed by atoms with Gasteiger partial charge in [0.05, 0.1) is 11.6 Å². The Morgan fingerprint density at radius 1 is 1.07 bits per heavy atom. The molecule has 1 aromatic heterocycles. The topological polar surface area (TPSA) is 65.5 Å². The number of pyridine rings is 1. The molecule has 2 heterocycles. The van der Waals surface area contributed by atoms with Crippen LogP contribution in [0.4, 0.5) is 0 Å². The number of likely N-dealkylation sites (tertiary alicyclic amines) is 1. The van der Waals surface area contributed by atoms with E-state index in [0.717, 1.165) is 37.9 Å². The smallest absolute Gasteiger partial charge is 0.221 e. The molecule has 162 valence electrons. The Balaban J connectivity index is 1.26. The summed E-state index contributed by atoms with van der Waals surface area (Å²) in [4.78, 5) is 19.1. The lowest BCUT2D eigenvalue weighted by atomic mass is 9.94. The number of aliphatic hydroxyl groups is 1. The molecule has 1 amide bonds.